The molecular weight excluding hydrogens is 356 g/mol. The van der Waals surface area contributed by atoms with Gasteiger partial charge in [0.15, 0.2) is 0 Å². The molecule has 0 fully saturated rings. The molecule has 0 spiro atoms. The van der Waals surface area contributed by atoms with Crippen LogP contribution in [-0.2, 0) is 14.3 Å². The third-order valence-electron chi connectivity index (χ3n) is 1.86. The van der Waals surface area contributed by atoms with Crippen molar-refractivity contribution in [1.29, 1.82) is 0 Å². The van der Waals surface area contributed by atoms with E-state index in [4.69, 9.17) is 0 Å². The first-order valence-electron chi connectivity index (χ1n) is 4.44. The fraction of sp³-hybridized carbons (Fsp3) is 0.0909. The number of ketones is 1. The van der Waals surface area contributed by atoms with Crippen LogP contribution in [0.5, 0.6) is 0 Å². The second-order valence-electron chi connectivity index (χ2n) is 3.01. The molecule has 0 aromatic heterocycles. The Morgan fingerprint density at radius 1 is 1.35 bits per heavy atom. The normalized spacial score (nSPS) is 11.1. The standard InChI is InChI=1S/C11H8Br2O4/c1-17-11(16)10(15)5-9(14)7-4-6(12)2-3-8(7)13/h2-5,14H,1H3/b9-5-. The fourth-order valence-electron chi connectivity index (χ4n) is 1.06. The molecule has 1 aromatic rings. The van der Waals surface area contributed by atoms with Crippen LogP contribution in [0.1, 0.15) is 5.56 Å². The maximum absolute atomic E-state index is 11.2. The van der Waals surface area contributed by atoms with Crippen molar-refractivity contribution in [3.8, 4) is 0 Å². The van der Waals surface area contributed by atoms with Crippen molar-refractivity contribution in [2.75, 3.05) is 7.11 Å². The topological polar surface area (TPSA) is 63.6 Å². The average molecular weight is 364 g/mol. The van der Waals surface area contributed by atoms with Crippen LogP contribution in [-0.4, -0.2) is 24.0 Å². The molecule has 0 heterocycles. The summed E-state index contributed by atoms with van der Waals surface area (Å²) >= 11 is 6.46. The van der Waals surface area contributed by atoms with Crippen molar-refractivity contribution in [3.63, 3.8) is 0 Å². The number of halogens is 2. The van der Waals surface area contributed by atoms with E-state index >= 15 is 0 Å². The molecule has 0 saturated heterocycles. The number of aliphatic hydroxyl groups excluding tert-OH is 1. The first-order chi connectivity index (χ1) is 7.95. The van der Waals surface area contributed by atoms with Gasteiger partial charge in [-0.05, 0) is 18.2 Å². The highest BCUT2D eigenvalue weighted by Gasteiger charge is 2.14. The molecule has 0 atom stereocenters. The van der Waals surface area contributed by atoms with Crippen LogP contribution in [0, 0.1) is 0 Å². The zero-order chi connectivity index (χ0) is 13.0. The number of rotatable bonds is 3. The zero-order valence-corrected chi connectivity index (χ0v) is 11.9. The second kappa shape index (κ2) is 5.97. The number of benzene rings is 1. The molecule has 17 heavy (non-hydrogen) atoms. The molecular formula is C11H8Br2O4. The Morgan fingerprint density at radius 3 is 2.59 bits per heavy atom. The van der Waals surface area contributed by atoms with Crippen molar-refractivity contribution < 1.29 is 19.4 Å². The number of ether oxygens (including phenoxy) is 1. The predicted octanol–water partition coefficient (Wildman–Crippen LogP) is 2.85. The number of methoxy groups -OCH3 is 1. The number of carbonyl (C=O) groups is 2. The van der Waals surface area contributed by atoms with Gasteiger partial charge in [-0.1, -0.05) is 31.9 Å². The molecule has 0 unspecified atom stereocenters. The Hall–Kier alpha value is -1.14. The third kappa shape index (κ3) is 3.67. The summed E-state index contributed by atoms with van der Waals surface area (Å²) in [6, 6.07) is 5.08. The minimum absolute atomic E-state index is 0.312. The van der Waals surface area contributed by atoms with Crippen LogP contribution in [0.3, 0.4) is 0 Å². The molecule has 0 amide bonds. The van der Waals surface area contributed by atoms with E-state index in [9.17, 15) is 14.7 Å². The molecule has 0 aliphatic heterocycles. The van der Waals surface area contributed by atoms with Crippen LogP contribution < -0.4 is 0 Å². The summed E-state index contributed by atoms with van der Waals surface area (Å²) in [7, 11) is 1.10. The van der Waals surface area contributed by atoms with Gasteiger partial charge in [0.05, 0.1) is 7.11 Å². The SMILES string of the molecule is COC(=O)C(=O)/C=C(\O)c1cc(Br)ccc1Br. The smallest absolute Gasteiger partial charge is 0.378 e. The van der Waals surface area contributed by atoms with Gasteiger partial charge in [-0.15, -0.1) is 0 Å². The zero-order valence-electron chi connectivity index (χ0n) is 8.74. The van der Waals surface area contributed by atoms with Gasteiger partial charge in [0.2, 0.25) is 0 Å². The summed E-state index contributed by atoms with van der Waals surface area (Å²) in [5.41, 5.74) is 0.400. The van der Waals surface area contributed by atoms with E-state index in [0.29, 0.717) is 10.0 Å². The number of carbonyl (C=O) groups excluding carboxylic acids is 2. The van der Waals surface area contributed by atoms with Gasteiger partial charge < -0.3 is 9.84 Å². The predicted molar refractivity (Wildman–Crippen MR) is 69.5 cm³/mol. The molecule has 6 heteroatoms. The number of esters is 1. The number of hydrogen-bond acceptors (Lipinski definition) is 4. The monoisotopic (exact) mass is 362 g/mol. The lowest BCUT2D eigenvalue weighted by Crippen LogP contribution is -2.13. The van der Waals surface area contributed by atoms with Gasteiger partial charge >= 0.3 is 5.97 Å². The summed E-state index contributed by atoms with van der Waals surface area (Å²) in [4.78, 5) is 22.1. The van der Waals surface area contributed by atoms with Crippen molar-refractivity contribution >= 4 is 49.4 Å². The lowest BCUT2D eigenvalue weighted by molar-refractivity contribution is -0.149. The Morgan fingerprint density at radius 2 is 2.00 bits per heavy atom. The summed E-state index contributed by atoms with van der Waals surface area (Å²) < 4.78 is 5.58. The lowest BCUT2D eigenvalue weighted by Gasteiger charge is -2.03. The van der Waals surface area contributed by atoms with Gasteiger partial charge in [-0.3, -0.25) is 4.79 Å². The highest BCUT2D eigenvalue weighted by atomic mass is 79.9. The Kier molecular flexibility index (Phi) is 4.89. The van der Waals surface area contributed by atoms with E-state index in [0.717, 1.165) is 17.7 Å². The average Bonchev–Trinajstić information content (AvgIpc) is 2.30. The van der Waals surface area contributed by atoms with E-state index in [-0.39, 0.29) is 5.76 Å². The molecule has 0 aliphatic carbocycles. The minimum atomic E-state index is -1.03. The molecule has 90 valence electrons. The lowest BCUT2D eigenvalue weighted by atomic mass is 10.1. The Bertz CT molecular complexity index is 494. The second-order valence-corrected chi connectivity index (χ2v) is 4.78. The van der Waals surface area contributed by atoms with Gasteiger partial charge in [0.25, 0.3) is 5.78 Å². The van der Waals surface area contributed by atoms with E-state index in [1.807, 2.05) is 0 Å². The van der Waals surface area contributed by atoms with Crippen molar-refractivity contribution in [1.82, 2.24) is 0 Å². The number of hydrogen-bond donors (Lipinski definition) is 1. The fourth-order valence-corrected chi connectivity index (χ4v) is 1.87. The summed E-state index contributed by atoms with van der Waals surface area (Å²) in [6.45, 7) is 0. The molecule has 0 aliphatic rings. The molecule has 1 rings (SSSR count). The maximum atomic E-state index is 11.2. The van der Waals surface area contributed by atoms with E-state index in [2.05, 4.69) is 36.6 Å². The quantitative estimate of drug-likeness (QED) is 0.388. The van der Waals surface area contributed by atoms with Crippen molar-refractivity contribution in [2.24, 2.45) is 0 Å². The molecule has 4 nitrogen and oxygen atoms in total. The molecule has 0 bridgehead atoms. The Balaban J connectivity index is 3.07. The van der Waals surface area contributed by atoms with E-state index in [1.54, 1.807) is 18.2 Å². The maximum Gasteiger partial charge on any atom is 0.378 e. The largest absolute Gasteiger partial charge is 0.507 e. The van der Waals surface area contributed by atoms with Crippen molar-refractivity contribution in [2.45, 2.75) is 0 Å². The third-order valence-corrected chi connectivity index (χ3v) is 3.04. The van der Waals surface area contributed by atoms with Gasteiger partial charge in [0, 0.05) is 20.6 Å². The molecule has 0 saturated carbocycles. The van der Waals surface area contributed by atoms with Gasteiger partial charge in [0.1, 0.15) is 5.76 Å². The summed E-state index contributed by atoms with van der Waals surface area (Å²) in [5, 5.41) is 9.72. The van der Waals surface area contributed by atoms with Crippen LogP contribution in [0.15, 0.2) is 33.2 Å². The van der Waals surface area contributed by atoms with Crippen LogP contribution >= 0.6 is 31.9 Å². The molecule has 1 aromatic carbocycles. The minimum Gasteiger partial charge on any atom is -0.507 e. The van der Waals surface area contributed by atoms with Crippen LogP contribution in [0.4, 0.5) is 0 Å². The van der Waals surface area contributed by atoms with Crippen LogP contribution in [0.25, 0.3) is 5.76 Å². The highest BCUT2D eigenvalue weighted by molar-refractivity contribution is 9.11. The van der Waals surface area contributed by atoms with E-state index in [1.165, 1.54) is 0 Å². The first-order valence-corrected chi connectivity index (χ1v) is 6.02. The number of aliphatic hydroxyl groups is 1. The van der Waals surface area contributed by atoms with Crippen molar-refractivity contribution in [3.05, 3.63) is 38.8 Å². The molecule has 1 N–H and O–H groups in total. The molecule has 0 radical (unpaired) electrons. The Labute approximate surface area is 115 Å². The van der Waals surface area contributed by atoms with Gasteiger partial charge in [-0.25, -0.2) is 4.79 Å². The summed E-state index contributed by atoms with van der Waals surface area (Å²) in [5.74, 6) is -2.26. The first kappa shape index (κ1) is 13.9. The highest BCUT2D eigenvalue weighted by Crippen LogP contribution is 2.26. The van der Waals surface area contributed by atoms with Crippen LogP contribution in [0.2, 0.25) is 0 Å². The summed E-state index contributed by atoms with van der Waals surface area (Å²) in [6.07, 6.45) is 0.818. The van der Waals surface area contributed by atoms with Gasteiger partial charge in [-0.2, -0.15) is 0 Å². The van der Waals surface area contributed by atoms with E-state index < -0.39 is 11.8 Å².